The van der Waals surface area contributed by atoms with E-state index in [2.05, 4.69) is 32.9 Å². The first-order valence-electron chi connectivity index (χ1n) is 9.89. The van der Waals surface area contributed by atoms with Crippen LogP contribution >= 0.6 is 0 Å². The van der Waals surface area contributed by atoms with Gasteiger partial charge in [-0.05, 0) is 74.1 Å². The summed E-state index contributed by atoms with van der Waals surface area (Å²) in [5.74, 6) is 0.256. The molecule has 0 bridgehead atoms. The number of aromatic nitrogens is 1. The van der Waals surface area contributed by atoms with Gasteiger partial charge >= 0.3 is 0 Å². The Morgan fingerprint density at radius 2 is 1.79 bits per heavy atom. The second-order valence-corrected chi connectivity index (χ2v) is 7.99. The zero-order valence-electron chi connectivity index (χ0n) is 16.6. The quantitative estimate of drug-likeness (QED) is 0.589. The van der Waals surface area contributed by atoms with E-state index in [9.17, 15) is 9.18 Å². The van der Waals surface area contributed by atoms with Crippen LogP contribution in [-0.2, 0) is 0 Å². The van der Waals surface area contributed by atoms with Crippen LogP contribution in [0.2, 0.25) is 0 Å². The second-order valence-electron chi connectivity index (χ2n) is 7.99. The van der Waals surface area contributed by atoms with Crippen molar-refractivity contribution < 1.29 is 9.18 Å². The van der Waals surface area contributed by atoms with E-state index < -0.39 is 0 Å². The lowest BCUT2D eigenvalue weighted by Crippen LogP contribution is -2.38. The highest BCUT2D eigenvalue weighted by Gasteiger charge is 2.24. The lowest BCUT2D eigenvalue weighted by atomic mass is 9.97. The van der Waals surface area contributed by atoms with Crippen molar-refractivity contribution in [3.63, 3.8) is 0 Å². The molecule has 0 saturated carbocycles. The maximum atomic E-state index is 13.9. The molecule has 1 fully saturated rings. The van der Waals surface area contributed by atoms with Crippen molar-refractivity contribution in [1.82, 2.24) is 9.88 Å². The minimum Gasteiger partial charge on any atom is -0.339 e. The number of nitrogens with zero attached hydrogens (tertiary/aromatic N) is 2. The summed E-state index contributed by atoms with van der Waals surface area (Å²) in [4.78, 5) is 19.9. The molecule has 1 aliphatic rings. The lowest BCUT2D eigenvalue weighted by molar-refractivity contribution is 0.0699. The maximum Gasteiger partial charge on any atom is 0.254 e. The number of piperidine rings is 1. The summed E-state index contributed by atoms with van der Waals surface area (Å²) in [7, 11) is 0. The highest BCUT2D eigenvalue weighted by Crippen LogP contribution is 2.29. The summed E-state index contributed by atoms with van der Waals surface area (Å²) in [5, 5.41) is 0.580. The van der Waals surface area contributed by atoms with Gasteiger partial charge in [0.05, 0.1) is 16.8 Å². The van der Waals surface area contributed by atoms with Gasteiger partial charge < -0.3 is 4.90 Å². The van der Waals surface area contributed by atoms with Crippen LogP contribution in [-0.4, -0.2) is 28.9 Å². The monoisotopic (exact) mass is 376 g/mol. The van der Waals surface area contributed by atoms with Gasteiger partial charge in [0.1, 0.15) is 5.82 Å². The Labute approximate surface area is 165 Å². The number of amides is 1. The summed E-state index contributed by atoms with van der Waals surface area (Å²) in [6.45, 7) is 7.85. The molecule has 1 amide bonds. The molecule has 3 aromatic rings. The van der Waals surface area contributed by atoms with Crippen LogP contribution in [0, 0.1) is 25.6 Å². The Bertz CT molecular complexity index is 1050. The van der Waals surface area contributed by atoms with E-state index in [0.717, 1.165) is 37.2 Å². The number of rotatable bonds is 2. The molecule has 0 N–H and O–H groups in total. The summed E-state index contributed by atoms with van der Waals surface area (Å²) in [6.07, 6.45) is 2.01. The van der Waals surface area contributed by atoms with E-state index >= 15 is 0 Å². The Kier molecular flexibility index (Phi) is 4.88. The third kappa shape index (κ3) is 3.51. The summed E-state index contributed by atoms with van der Waals surface area (Å²) >= 11 is 0. The van der Waals surface area contributed by atoms with Crippen molar-refractivity contribution in [2.24, 2.45) is 5.92 Å². The van der Waals surface area contributed by atoms with E-state index in [1.165, 1.54) is 23.3 Å². The molecule has 2 aromatic carbocycles. The average Bonchev–Trinajstić information content (AvgIpc) is 2.69. The lowest BCUT2D eigenvalue weighted by Gasteiger charge is -2.30. The average molecular weight is 376 g/mol. The molecule has 4 rings (SSSR count). The van der Waals surface area contributed by atoms with Crippen LogP contribution in [0.25, 0.3) is 22.2 Å². The predicted octanol–water partition coefficient (Wildman–Crippen LogP) is 5.53. The zero-order valence-corrected chi connectivity index (χ0v) is 16.6. The number of halogens is 1. The largest absolute Gasteiger partial charge is 0.339 e. The Hall–Kier alpha value is -2.75. The molecule has 0 spiro atoms. The number of fused-ring (bicyclic) bond motifs is 1. The van der Waals surface area contributed by atoms with Crippen LogP contribution < -0.4 is 0 Å². The third-order valence-corrected chi connectivity index (χ3v) is 5.87. The van der Waals surface area contributed by atoms with E-state index in [1.54, 1.807) is 6.07 Å². The van der Waals surface area contributed by atoms with Gasteiger partial charge in [0.25, 0.3) is 5.91 Å². The first-order chi connectivity index (χ1) is 13.4. The molecule has 3 nitrogen and oxygen atoms in total. The number of benzene rings is 2. The zero-order chi connectivity index (χ0) is 19.8. The first kappa shape index (κ1) is 18.6. The topological polar surface area (TPSA) is 33.2 Å². The van der Waals surface area contributed by atoms with Gasteiger partial charge in [0.2, 0.25) is 0 Å². The van der Waals surface area contributed by atoms with Crippen molar-refractivity contribution >= 4 is 16.8 Å². The maximum absolute atomic E-state index is 13.9. The number of pyridine rings is 1. The molecule has 144 valence electrons. The van der Waals surface area contributed by atoms with E-state index in [-0.39, 0.29) is 11.7 Å². The van der Waals surface area contributed by atoms with Crippen molar-refractivity contribution in [2.45, 2.75) is 33.6 Å². The van der Waals surface area contributed by atoms with Crippen molar-refractivity contribution in [1.29, 1.82) is 0 Å². The van der Waals surface area contributed by atoms with Gasteiger partial charge in [0, 0.05) is 24.0 Å². The third-order valence-electron chi connectivity index (χ3n) is 5.87. The van der Waals surface area contributed by atoms with Gasteiger partial charge in [-0.1, -0.05) is 19.1 Å². The minimum absolute atomic E-state index is 0.0324. The number of aryl methyl sites for hydroxylation is 2. The number of hydrogen-bond donors (Lipinski definition) is 0. The van der Waals surface area contributed by atoms with E-state index in [4.69, 9.17) is 4.98 Å². The van der Waals surface area contributed by atoms with Crippen LogP contribution in [0.1, 0.15) is 41.3 Å². The van der Waals surface area contributed by atoms with Crippen LogP contribution in [0.3, 0.4) is 0 Å². The summed E-state index contributed by atoms with van der Waals surface area (Å²) in [5.41, 5.74) is 5.28. The molecule has 0 atom stereocenters. The van der Waals surface area contributed by atoms with Crippen molar-refractivity contribution in [3.05, 3.63) is 65.0 Å². The van der Waals surface area contributed by atoms with Crippen LogP contribution in [0.15, 0.2) is 42.5 Å². The number of hydrogen-bond acceptors (Lipinski definition) is 2. The fourth-order valence-corrected chi connectivity index (χ4v) is 3.81. The van der Waals surface area contributed by atoms with Crippen molar-refractivity contribution in [3.8, 4) is 11.3 Å². The molecule has 4 heteroatoms. The summed E-state index contributed by atoms with van der Waals surface area (Å²) in [6, 6.07) is 12.5. The molecule has 2 heterocycles. The van der Waals surface area contributed by atoms with Gasteiger partial charge in [-0.25, -0.2) is 9.37 Å². The number of likely N-dealkylation sites (tertiary alicyclic amines) is 1. The molecular weight excluding hydrogens is 351 g/mol. The second kappa shape index (κ2) is 7.34. The van der Waals surface area contributed by atoms with Gasteiger partial charge in [-0.2, -0.15) is 0 Å². The standard InChI is InChI=1S/C24H25FN2O/c1-15-8-10-27(11-9-15)24(28)21-14-23(18-5-4-16(2)17(3)12-18)26-22-7-6-19(25)13-20(21)22/h4-7,12-15H,8-11H2,1-3H3. The normalized spacial score (nSPS) is 15.2. The highest BCUT2D eigenvalue weighted by atomic mass is 19.1. The van der Waals surface area contributed by atoms with Gasteiger partial charge in [-0.3, -0.25) is 4.79 Å². The Balaban J connectivity index is 1.84. The molecule has 0 radical (unpaired) electrons. The van der Waals surface area contributed by atoms with Crippen LogP contribution in [0.4, 0.5) is 4.39 Å². The Morgan fingerprint density at radius 1 is 1.04 bits per heavy atom. The fraction of sp³-hybridized carbons (Fsp3) is 0.333. The smallest absolute Gasteiger partial charge is 0.254 e. The number of carbonyl (C=O) groups excluding carboxylic acids is 1. The fourth-order valence-electron chi connectivity index (χ4n) is 3.81. The highest BCUT2D eigenvalue weighted by molar-refractivity contribution is 6.07. The summed E-state index contributed by atoms with van der Waals surface area (Å²) < 4.78 is 13.9. The van der Waals surface area contributed by atoms with Crippen LogP contribution in [0.5, 0.6) is 0 Å². The molecular formula is C24H25FN2O. The van der Waals surface area contributed by atoms with Crippen molar-refractivity contribution in [2.75, 3.05) is 13.1 Å². The predicted molar refractivity (Wildman–Crippen MR) is 111 cm³/mol. The SMILES string of the molecule is Cc1ccc(-c2cc(C(=O)N3CCC(C)CC3)c3cc(F)ccc3n2)cc1C. The number of carbonyl (C=O) groups is 1. The molecule has 1 aromatic heterocycles. The van der Waals surface area contributed by atoms with Gasteiger partial charge in [0.15, 0.2) is 0 Å². The molecule has 0 aliphatic carbocycles. The minimum atomic E-state index is -0.352. The molecule has 1 saturated heterocycles. The molecule has 28 heavy (non-hydrogen) atoms. The molecule has 1 aliphatic heterocycles. The van der Waals surface area contributed by atoms with E-state index in [1.807, 2.05) is 17.0 Å². The van der Waals surface area contributed by atoms with Gasteiger partial charge in [-0.15, -0.1) is 0 Å². The van der Waals surface area contributed by atoms with E-state index in [0.29, 0.717) is 22.4 Å². The Morgan fingerprint density at radius 3 is 2.50 bits per heavy atom. The first-order valence-corrected chi connectivity index (χ1v) is 9.89. The molecule has 0 unspecified atom stereocenters.